The normalized spacial score (nSPS) is 28.2. The highest BCUT2D eigenvalue weighted by atomic mass is 16.5. The van der Waals surface area contributed by atoms with E-state index in [4.69, 9.17) is 4.74 Å². The lowest BCUT2D eigenvalue weighted by molar-refractivity contribution is -0.106. The minimum atomic E-state index is -0.871. The quantitative estimate of drug-likeness (QED) is 0.880. The Kier molecular flexibility index (Phi) is 3.51. The van der Waals surface area contributed by atoms with E-state index in [9.17, 15) is 5.11 Å². The molecule has 1 aromatic carbocycles. The lowest BCUT2D eigenvalue weighted by Gasteiger charge is -2.41. The van der Waals surface area contributed by atoms with Gasteiger partial charge in [-0.3, -0.25) is 4.90 Å². The van der Waals surface area contributed by atoms with Gasteiger partial charge in [0.25, 0.3) is 0 Å². The molecule has 1 N–H and O–H groups in total. The minimum Gasteiger partial charge on any atom is -0.379 e. The Bertz CT molecular complexity index is 489. The van der Waals surface area contributed by atoms with E-state index in [1.165, 1.54) is 11.1 Å². The van der Waals surface area contributed by atoms with Crippen LogP contribution in [0.15, 0.2) is 48.6 Å². The van der Waals surface area contributed by atoms with Crippen LogP contribution in [-0.2, 0) is 4.74 Å². The Hall–Kier alpha value is -1.42. The summed E-state index contributed by atoms with van der Waals surface area (Å²) >= 11 is 0. The largest absolute Gasteiger partial charge is 0.379 e. The van der Waals surface area contributed by atoms with Gasteiger partial charge in [-0.1, -0.05) is 42.5 Å². The average Bonchev–Trinajstić information content (AvgIpc) is 2.49. The van der Waals surface area contributed by atoms with Crippen LogP contribution in [0.4, 0.5) is 0 Å². The molecule has 1 atom stereocenters. The van der Waals surface area contributed by atoms with Crippen LogP contribution in [0.3, 0.4) is 0 Å². The molecule has 100 valence electrons. The van der Waals surface area contributed by atoms with Crippen LogP contribution in [0, 0.1) is 0 Å². The van der Waals surface area contributed by atoms with Gasteiger partial charge in [0.1, 0.15) is 5.72 Å². The molecular weight excluding hydrogens is 238 g/mol. The van der Waals surface area contributed by atoms with Gasteiger partial charge in [-0.05, 0) is 17.2 Å². The maximum atomic E-state index is 10.9. The summed E-state index contributed by atoms with van der Waals surface area (Å²) in [7, 11) is 0. The Balaban J connectivity index is 1.80. The average molecular weight is 257 g/mol. The zero-order valence-electron chi connectivity index (χ0n) is 11.0. The van der Waals surface area contributed by atoms with Gasteiger partial charge in [-0.25, -0.2) is 0 Å². The molecule has 0 bridgehead atoms. The summed E-state index contributed by atoms with van der Waals surface area (Å²) in [4.78, 5) is 2.10. The molecule has 0 spiro atoms. The van der Waals surface area contributed by atoms with Crippen LogP contribution in [0.5, 0.6) is 0 Å². The SMILES string of the molecule is OC1(N2CCOCC2)C=CC=C(c2ccccc2)C1. The Morgan fingerprint density at radius 1 is 1.11 bits per heavy atom. The van der Waals surface area contributed by atoms with E-state index in [1.54, 1.807) is 0 Å². The third-order valence-corrected chi connectivity index (χ3v) is 3.81. The van der Waals surface area contributed by atoms with Crippen molar-refractivity contribution in [2.24, 2.45) is 0 Å². The Labute approximate surface area is 113 Å². The van der Waals surface area contributed by atoms with Crippen molar-refractivity contribution in [1.82, 2.24) is 4.90 Å². The zero-order chi connectivity index (χ0) is 13.1. The number of hydrogen-bond acceptors (Lipinski definition) is 3. The summed E-state index contributed by atoms with van der Waals surface area (Å²) in [5.74, 6) is 0. The molecule has 19 heavy (non-hydrogen) atoms. The van der Waals surface area contributed by atoms with E-state index in [0.717, 1.165) is 13.1 Å². The highest BCUT2D eigenvalue weighted by Gasteiger charge is 2.35. The van der Waals surface area contributed by atoms with Crippen molar-refractivity contribution in [2.45, 2.75) is 12.1 Å². The second-order valence-corrected chi connectivity index (χ2v) is 5.07. The number of ether oxygens (including phenoxy) is 1. The Morgan fingerprint density at radius 3 is 2.58 bits per heavy atom. The van der Waals surface area contributed by atoms with E-state index < -0.39 is 5.72 Å². The molecule has 2 aliphatic rings. The topological polar surface area (TPSA) is 32.7 Å². The van der Waals surface area contributed by atoms with Gasteiger partial charge in [-0.15, -0.1) is 0 Å². The number of benzene rings is 1. The fourth-order valence-corrected chi connectivity index (χ4v) is 2.73. The van der Waals surface area contributed by atoms with Gasteiger partial charge < -0.3 is 9.84 Å². The van der Waals surface area contributed by atoms with Crippen molar-refractivity contribution >= 4 is 5.57 Å². The predicted molar refractivity (Wildman–Crippen MR) is 75.5 cm³/mol. The number of nitrogens with zero attached hydrogens (tertiary/aromatic N) is 1. The van der Waals surface area contributed by atoms with Crippen LogP contribution >= 0.6 is 0 Å². The molecule has 1 aliphatic heterocycles. The third kappa shape index (κ3) is 2.63. The van der Waals surface area contributed by atoms with Crippen molar-refractivity contribution in [3.63, 3.8) is 0 Å². The van der Waals surface area contributed by atoms with Gasteiger partial charge in [0.15, 0.2) is 0 Å². The van der Waals surface area contributed by atoms with Crippen LogP contribution in [0.1, 0.15) is 12.0 Å². The molecule has 1 unspecified atom stereocenters. The van der Waals surface area contributed by atoms with E-state index in [2.05, 4.69) is 23.1 Å². The molecule has 1 aliphatic carbocycles. The molecular formula is C16H19NO2. The summed E-state index contributed by atoms with van der Waals surface area (Å²) in [5.41, 5.74) is 1.49. The molecule has 3 nitrogen and oxygen atoms in total. The van der Waals surface area contributed by atoms with Crippen LogP contribution in [0.25, 0.3) is 5.57 Å². The molecule has 0 radical (unpaired) electrons. The number of aliphatic hydroxyl groups is 1. The van der Waals surface area contributed by atoms with Gasteiger partial charge in [0.05, 0.1) is 13.2 Å². The summed E-state index contributed by atoms with van der Waals surface area (Å²) in [6.07, 6.45) is 6.57. The molecule has 0 aromatic heterocycles. The van der Waals surface area contributed by atoms with Crippen LogP contribution in [-0.4, -0.2) is 42.0 Å². The minimum absolute atomic E-state index is 0.632. The molecule has 1 saturated heterocycles. The van der Waals surface area contributed by atoms with E-state index in [0.29, 0.717) is 19.6 Å². The molecule has 1 fully saturated rings. The monoisotopic (exact) mass is 257 g/mol. The van der Waals surface area contributed by atoms with Crippen molar-refractivity contribution in [3.8, 4) is 0 Å². The first kappa shape index (κ1) is 12.6. The highest BCUT2D eigenvalue weighted by molar-refractivity contribution is 5.69. The molecule has 1 aromatic rings. The van der Waals surface area contributed by atoms with Gasteiger partial charge in [0.2, 0.25) is 0 Å². The molecule has 1 heterocycles. The van der Waals surface area contributed by atoms with Crippen molar-refractivity contribution in [2.75, 3.05) is 26.3 Å². The molecule has 3 rings (SSSR count). The fourth-order valence-electron chi connectivity index (χ4n) is 2.73. The van der Waals surface area contributed by atoms with Crippen molar-refractivity contribution in [1.29, 1.82) is 0 Å². The second-order valence-electron chi connectivity index (χ2n) is 5.07. The standard InChI is InChI=1S/C16H19NO2/c18-16(17-9-11-19-12-10-17)8-4-7-15(13-16)14-5-2-1-3-6-14/h1-8,18H,9-13H2. The first-order chi connectivity index (χ1) is 9.28. The number of rotatable bonds is 2. The van der Waals surface area contributed by atoms with E-state index in [-0.39, 0.29) is 0 Å². The zero-order valence-corrected chi connectivity index (χ0v) is 11.0. The molecule has 0 saturated carbocycles. The lowest BCUT2D eigenvalue weighted by Crippen LogP contribution is -2.52. The lowest BCUT2D eigenvalue weighted by atomic mass is 9.90. The van der Waals surface area contributed by atoms with Crippen LogP contribution in [0.2, 0.25) is 0 Å². The second kappa shape index (κ2) is 5.29. The van der Waals surface area contributed by atoms with E-state index >= 15 is 0 Å². The molecule has 0 amide bonds. The number of allylic oxidation sites excluding steroid dienone is 2. The van der Waals surface area contributed by atoms with Gasteiger partial charge in [-0.2, -0.15) is 0 Å². The summed E-state index contributed by atoms with van der Waals surface area (Å²) < 4.78 is 5.36. The smallest absolute Gasteiger partial charge is 0.142 e. The van der Waals surface area contributed by atoms with Crippen molar-refractivity contribution < 1.29 is 9.84 Å². The van der Waals surface area contributed by atoms with Crippen molar-refractivity contribution in [3.05, 3.63) is 54.1 Å². The van der Waals surface area contributed by atoms with Crippen LogP contribution < -0.4 is 0 Å². The Morgan fingerprint density at radius 2 is 1.84 bits per heavy atom. The third-order valence-electron chi connectivity index (χ3n) is 3.81. The van der Waals surface area contributed by atoms with Gasteiger partial charge >= 0.3 is 0 Å². The first-order valence-electron chi connectivity index (χ1n) is 6.77. The number of morpholine rings is 1. The predicted octanol–water partition coefficient (Wildman–Crippen LogP) is 2.05. The highest BCUT2D eigenvalue weighted by Crippen LogP contribution is 2.32. The summed E-state index contributed by atoms with van der Waals surface area (Å²) in [6, 6.07) is 10.2. The summed E-state index contributed by atoms with van der Waals surface area (Å²) in [6.45, 7) is 2.95. The molecule has 3 heteroatoms. The number of hydrogen-bond donors (Lipinski definition) is 1. The fraction of sp³-hybridized carbons (Fsp3) is 0.375. The maximum Gasteiger partial charge on any atom is 0.142 e. The van der Waals surface area contributed by atoms with Gasteiger partial charge in [0, 0.05) is 19.5 Å². The van der Waals surface area contributed by atoms with E-state index in [1.807, 2.05) is 30.4 Å². The maximum absolute atomic E-state index is 10.9. The first-order valence-corrected chi connectivity index (χ1v) is 6.77. The summed E-state index contributed by atoms with van der Waals surface area (Å²) in [5, 5.41) is 10.9.